The van der Waals surface area contributed by atoms with Gasteiger partial charge in [-0.05, 0) is 24.3 Å². The van der Waals surface area contributed by atoms with E-state index in [1.807, 2.05) is 5.32 Å². The zero-order valence-corrected chi connectivity index (χ0v) is 12.4. The quantitative estimate of drug-likeness (QED) is 0.783. The van der Waals surface area contributed by atoms with Crippen molar-refractivity contribution in [3.8, 4) is 5.75 Å². The third-order valence-corrected chi connectivity index (χ3v) is 3.21. The van der Waals surface area contributed by atoms with Gasteiger partial charge in [0, 0.05) is 11.3 Å². The average molecular weight is 363 g/mol. The van der Waals surface area contributed by atoms with E-state index in [2.05, 4.69) is 0 Å². The Morgan fingerprint density at radius 2 is 1.44 bits per heavy atom. The molecule has 0 fully saturated rings. The molecule has 0 unspecified atom stereocenters. The number of aromatic hydroxyl groups is 1. The Morgan fingerprint density at radius 3 is 1.92 bits per heavy atom. The number of amides is 1. The molecule has 0 heterocycles. The van der Waals surface area contributed by atoms with Gasteiger partial charge in [0.05, 0.1) is 17.5 Å². The van der Waals surface area contributed by atoms with Crippen LogP contribution >= 0.6 is 0 Å². The summed E-state index contributed by atoms with van der Waals surface area (Å²) in [5.41, 5.74) is -3.51. The lowest BCUT2D eigenvalue weighted by Crippen LogP contribution is -2.17. The minimum absolute atomic E-state index is 0.0291. The SMILES string of the molecule is O=C(Cc1ccccc1O)Nc1cc(C(F)(F)F)cc(C(F)(F)F)c1. The second-order valence-corrected chi connectivity index (χ2v) is 5.15. The first-order valence-corrected chi connectivity index (χ1v) is 6.83. The molecule has 0 radical (unpaired) electrons. The van der Waals surface area contributed by atoms with Crippen LogP contribution in [0, 0.1) is 0 Å². The second-order valence-electron chi connectivity index (χ2n) is 5.15. The third-order valence-electron chi connectivity index (χ3n) is 3.21. The molecule has 2 rings (SSSR count). The molecule has 2 aromatic rings. The van der Waals surface area contributed by atoms with Crippen molar-refractivity contribution in [2.75, 3.05) is 5.32 Å². The van der Waals surface area contributed by atoms with Gasteiger partial charge in [-0.1, -0.05) is 18.2 Å². The summed E-state index contributed by atoms with van der Waals surface area (Å²) in [5.74, 6) is -1.08. The van der Waals surface area contributed by atoms with E-state index in [1.165, 1.54) is 24.3 Å². The summed E-state index contributed by atoms with van der Waals surface area (Å²) in [6.07, 6.45) is -10.4. The number of carbonyl (C=O) groups is 1. The fourth-order valence-corrected chi connectivity index (χ4v) is 2.07. The molecule has 0 spiro atoms. The zero-order chi connectivity index (χ0) is 18.8. The summed E-state index contributed by atoms with van der Waals surface area (Å²) < 4.78 is 76.6. The van der Waals surface area contributed by atoms with Crippen molar-refractivity contribution in [3.63, 3.8) is 0 Å². The molecule has 25 heavy (non-hydrogen) atoms. The average Bonchev–Trinajstić information content (AvgIpc) is 2.47. The summed E-state index contributed by atoms with van der Waals surface area (Å²) in [5, 5.41) is 11.5. The molecule has 0 atom stereocenters. The fourth-order valence-electron chi connectivity index (χ4n) is 2.07. The first-order chi connectivity index (χ1) is 11.5. The number of halogens is 6. The van der Waals surface area contributed by atoms with E-state index >= 15 is 0 Å². The summed E-state index contributed by atoms with van der Waals surface area (Å²) in [6, 6.07) is 6.53. The predicted molar refractivity (Wildman–Crippen MR) is 76.9 cm³/mol. The summed E-state index contributed by atoms with van der Waals surface area (Å²) >= 11 is 0. The molecule has 1 amide bonds. The Morgan fingerprint density at radius 1 is 0.920 bits per heavy atom. The van der Waals surface area contributed by atoms with Crippen molar-refractivity contribution in [2.24, 2.45) is 0 Å². The van der Waals surface area contributed by atoms with E-state index in [9.17, 15) is 36.2 Å². The lowest BCUT2D eigenvalue weighted by molar-refractivity contribution is -0.143. The summed E-state index contributed by atoms with van der Waals surface area (Å²) in [7, 11) is 0. The van der Waals surface area contributed by atoms with E-state index < -0.39 is 41.5 Å². The normalized spacial score (nSPS) is 12.1. The van der Waals surface area contributed by atoms with Crippen LogP contribution < -0.4 is 5.32 Å². The largest absolute Gasteiger partial charge is 0.508 e. The lowest BCUT2D eigenvalue weighted by Gasteiger charge is -2.15. The van der Waals surface area contributed by atoms with Gasteiger partial charge in [0.1, 0.15) is 5.75 Å². The Balaban J connectivity index is 2.29. The molecule has 2 N–H and O–H groups in total. The highest BCUT2D eigenvalue weighted by Gasteiger charge is 2.37. The molecule has 134 valence electrons. The maximum absolute atomic E-state index is 12.8. The van der Waals surface area contributed by atoms with Gasteiger partial charge in [-0.15, -0.1) is 0 Å². The van der Waals surface area contributed by atoms with Crippen LogP contribution in [0.3, 0.4) is 0 Å². The number of anilines is 1. The number of alkyl halides is 6. The van der Waals surface area contributed by atoms with Crippen molar-refractivity contribution in [3.05, 3.63) is 59.2 Å². The molecule has 3 nitrogen and oxygen atoms in total. The van der Waals surface area contributed by atoms with Crippen LogP contribution in [0.25, 0.3) is 0 Å². The number of hydrogen-bond donors (Lipinski definition) is 2. The number of hydrogen-bond acceptors (Lipinski definition) is 2. The Bertz CT molecular complexity index is 751. The van der Waals surface area contributed by atoms with Crippen LogP contribution in [0.5, 0.6) is 5.75 Å². The molecular weight excluding hydrogens is 352 g/mol. The van der Waals surface area contributed by atoms with Crippen LogP contribution in [-0.4, -0.2) is 11.0 Å². The van der Waals surface area contributed by atoms with Crippen LogP contribution in [0.2, 0.25) is 0 Å². The molecule has 0 aliphatic heterocycles. The number of para-hydroxylation sites is 1. The predicted octanol–water partition coefficient (Wildman–Crippen LogP) is 4.61. The summed E-state index contributed by atoms with van der Waals surface area (Å²) in [6.45, 7) is 0. The zero-order valence-electron chi connectivity index (χ0n) is 12.4. The standard InChI is InChI=1S/C16H11F6NO2/c17-15(18,19)10-6-11(16(20,21)22)8-12(7-10)23-14(25)5-9-3-1-2-4-13(9)24/h1-4,6-8,24H,5H2,(H,23,25). The highest BCUT2D eigenvalue weighted by atomic mass is 19.4. The number of nitrogens with one attached hydrogen (secondary N) is 1. The molecule has 0 bridgehead atoms. The van der Waals surface area contributed by atoms with E-state index in [-0.39, 0.29) is 17.4 Å². The number of rotatable bonds is 3. The smallest absolute Gasteiger partial charge is 0.416 e. The molecular formula is C16H11F6NO2. The molecule has 0 aromatic heterocycles. The van der Waals surface area contributed by atoms with Crippen LogP contribution in [0.1, 0.15) is 16.7 Å². The number of benzene rings is 2. The van der Waals surface area contributed by atoms with Crippen molar-refractivity contribution in [1.29, 1.82) is 0 Å². The Labute approximate surface area is 137 Å². The maximum atomic E-state index is 12.8. The van der Waals surface area contributed by atoms with Crippen LogP contribution in [0.4, 0.5) is 32.0 Å². The summed E-state index contributed by atoms with van der Waals surface area (Å²) in [4.78, 5) is 11.9. The van der Waals surface area contributed by atoms with Gasteiger partial charge in [0.15, 0.2) is 0 Å². The van der Waals surface area contributed by atoms with Crippen molar-refractivity contribution in [2.45, 2.75) is 18.8 Å². The van der Waals surface area contributed by atoms with Crippen molar-refractivity contribution < 1.29 is 36.2 Å². The second kappa shape index (κ2) is 6.66. The van der Waals surface area contributed by atoms with Gasteiger partial charge in [0.25, 0.3) is 0 Å². The van der Waals surface area contributed by atoms with Gasteiger partial charge >= 0.3 is 12.4 Å². The first kappa shape index (κ1) is 18.6. The van der Waals surface area contributed by atoms with Crippen LogP contribution in [0.15, 0.2) is 42.5 Å². The number of phenols is 1. The highest BCUT2D eigenvalue weighted by molar-refractivity contribution is 5.92. The molecule has 2 aromatic carbocycles. The maximum Gasteiger partial charge on any atom is 0.416 e. The number of carbonyl (C=O) groups excluding carboxylic acids is 1. The Kier molecular flexibility index (Phi) is 4.96. The molecule has 0 saturated carbocycles. The monoisotopic (exact) mass is 363 g/mol. The van der Waals surface area contributed by atoms with Crippen molar-refractivity contribution >= 4 is 11.6 Å². The fraction of sp³-hybridized carbons (Fsp3) is 0.188. The van der Waals surface area contributed by atoms with Crippen molar-refractivity contribution in [1.82, 2.24) is 0 Å². The van der Waals surface area contributed by atoms with E-state index in [0.717, 1.165) is 0 Å². The van der Waals surface area contributed by atoms with E-state index in [4.69, 9.17) is 0 Å². The minimum atomic E-state index is -5.00. The minimum Gasteiger partial charge on any atom is -0.508 e. The van der Waals surface area contributed by atoms with Gasteiger partial charge in [-0.25, -0.2) is 0 Å². The van der Waals surface area contributed by atoms with E-state index in [0.29, 0.717) is 12.1 Å². The number of phenolic OH excluding ortho intramolecular Hbond substituents is 1. The molecule has 0 aliphatic rings. The highest BCUT2D eigenvalue weighted by Crippen LogP contribution is 2.37. The van der Waals surface area contributed by atoms with Crippen LogP contribution in [-0.2, 0) is 23.6 Å². The lowest BCUT2D eigenvalue weighted by atomic mass is 10.1. The first-order valence-electron chi connectivity index (χ1n) is 6.83. The molecule has 0 aliphatic carbocycles. The van der Waals surface area contributed by atoms with Gasteiger partial charge in [0.2, 0.25) is 5.91 Å². The third kappa shape index (κ3) is 4.88. The molecule has 9 heteroatoms. The van der Waals surface area contributed by atoms with Gasteiger partial charge in [-0.2, -0.15) is 26.3 Å². The topological polar surface area (TPSA) is 49.3 Å². The van der Waals surface area contributed by atoms with Gasteiger partial charge < -0.3 is 10.4 Å². The molecule has 0 saturated heterocycles. The van der Waals surface area contributed by atoms with Gasteiger partial charge in [-0.3, -0.25) is 4.79 Å². The Hall–Kier alpha value is -2.71. The van der Waals surface area contributed by atoms with E-state index in [1.54, 1.807) is 0 Å².